The average Bonchev–Trinajstić information content (AvgIpc) is 2.69. The molecule has 0 atom stereocenters. The van der Waals surface area contributed by atoms with Gasteiger partial charge in [0, 0.05) is 31.4 Å². The van der Waals surface area contributed by atoms with Crippen LogP contribution in [0.1, 0.15) is 12.0 Å². The van der Waals surface area contributed by atoms with Crippen LogP contribution in [-0.4, -0.2) is 25.8 Å². The Morgan fingerprint density at radius 2 is 2.29 bits per heavy atom. The van der Waals surface area contributed by atoms with Crippen molar-refractivity contribution in [1.29, 1.82) is 0 Å². The fraction of sp³-hybridized carbons (Fsp3) is 0.250. The van der Waals surface area contributed by atoms with Crippen LogP contribution in [0.25, 0.3) is 11.4 Å². The number of carbonyl (C=O) groups is 1. The van der Waals surface area contributed by atoms with Crippen molar-refractivity contribution in [3.8, 4) is 11.4 Å². The van der Waals surface area contributed by atoms with E-state index in [1.807, 2.05) is 31.4 Å². The Kier molecular flexibility index (Phi) is 3.18. The predicted molar refractivity (Wildman–Crippen MR) is 62.4 cm³/mol. The van der Waals surface area contributed by atoms with Gasteiger partial charge in [-0.25, -0.2) is 0 Å². The lowest BCUT2D eigenvalue weighted by Crippen LogP contribution is -1.98. The van der Waals surface area contributed by atoms with Gasteiger partial charge in [0.05, 0.1) is 5.69 Å². The fourth-order valence-electron chi connectivity index (χ4n) is 1.68. The molecule has 0 aromatic carbocycles. The molecule has 0 amide bonds. The SMILES string of the molecule is Cn1cc(CCC(=O)O)c(-c2ccccn2)n1. The van der Waals surface area contributed by atoms with Crippen LogP contribution in [0.5, 0.6) is 0 Å². The Morgan fingerprint density at radius 3 is 2.94 bits per heavy atom. The summed E-state index contributed by atoms with van der Waals surface area (Å²) in [5, 5.41) is 13.0. The summed E-state index contributed by atoms with van der Waals surface area (Å²) in [5.41, 5.74) is 2.44. The molecule has 0 saturated heterocycles. The lowest BCUT2D eigenvalue weighted by atomic mass is 10.1. The molecule has 5 heteroatoms. The Hall–Kier alpha value is -2.17. The molecule has 1 N–H and O–H groups in total. The van der Waals surface area contributed by atoms with E-state index in [1.165, 1.54) is 0 Å². The second kappa shape index (κ2) is 4.78. The summed E-state index contributed by atoms with van der Waals surface area (Å²) in [6.45, 7) is 0. The van der Waals surface area contributed by atoms with Crippen molar-refractivity contribution in [2.24, 2.45) is 7.05 Å². The quantitative estimate of drug-likeness (QED) is 0.865. The van der Waals surface area contributed by atoms with Gasteiger partial charge in [-0.15, -0.1) is 0 Å². The first-order chi connectivity index (χ1) is 8.16. The second-order valence-corrected chi connectivity index (χ2v) is 3.79. The number of hydrogen-bond acceptors (Lipinski definition) is 3. The van der Waals surface area contributed by atoms with Crippen LogP contribution in [0.3, 0.4) is 0 Å². The molecule has 17 heavy (non-hydrogen) atoms. The maximum absolute atomic E-state index is 10.6. The highest BCUT2D eigenvalue weighted by Gasteiger charge is 2.11. The van der Waals surface area contributed by atoms with Crippen molar-refractivity contribution < 1.29 is 9.90 Å². The first-order valence-electron chi connectivity index (χ1n) is 5.32. The summed E-state index contributed by atoms with van der Waals surface area (Å²) in [6, 6.07) is 5.59. The molecule has 0 bridgehead atoms. The van der Waals surface area contributed by atoms with Gasteiger partial charge >= 0.3 is 5.97 Å². The van der Waals surface area contributed by atoms with Crippen molar-refractivity contribution >= 4 is 5.97 Å². The zero-order chi connectivity index (χ0) is 12.3. The number of aromatic nitrogens is 3. The number of rotatable bonds is 4. The van der Waals surface area contributed by atoms with Gasteiger partial charge in [-0.1, -0.05) is 6.07 Å². The maximum atomic E-state index is 10.6. The summed E-state index contributed by atoms with van der Waals surface area (Å²) in [4.78, 5) is 14.8. The molecule has 0 spiro atoms. The summed E-state index contributed by atoms with van der Waals surface area (Å²) in [6.07, 6.45) is 4.11. The van der Waals surface area contributed by atoms with Crippen LogP contribution < -0.4 is 0 Å². The van der Waals surface area contributed by atoms with Gasteiger partial charge in [0.1, 0.15) is 5.69 Å². The van der Waals surface area contributed by atoms with Gasteiger partial charge in [0.2, 0.25) is 0 Å². The van der Waals surface area contributed by atoms with Crippen molar-refractivity contribution in [2.75, 3.05) is 0 Å². The molecule has 0 aliphatic heterocycles. The molecule has 0 radical (unpaired) electrons. The molecule has 0 unspecified atom stereocenters. The van der Waals surface area contributed by atoms with E-state index < -0.39 is 5.97 Å². The van der Waals surface area contributed by atoms with Crippen LogP contribution >= 0.6 is 0 Å². The Balaban J connectivity index is 2.31. The molecule has 2 aromatic heterocycles. The molecule has 0 aliphatic carbocycles. The van der Waals surface area contributed by atoms with Gasteiger partial charge < -0.3 is 5.11 Å². The minimum atomic E-state index is -0.805. The molecule has 2 aromatic rings. The third-order valence-corrected chi connectivity index (χ3v) is 2.42. The Bertz CT molecular complexity index is 520. The van der Waals surface area contributed by atoms with Crippen molar-refractivity contribution in [3.05, 3.63) is 36.2 Å². The Labute approximate surface area is 98.7 Å². The number of aliphatic carboxylic acids is 1. The molecule has 2 heterocycles. The predicted octanol–water partition coefficient (Wildman–Crippen LogP) is 1.50. The summed E-state index contributed by atoms with van der Waals surface area (Å²) >= 11 is 0. The molecule has 2 rings (SSSR count). The minimum absolute atomic E-state index is 0.103. The van der Waals surface area contributed by atoms with Crippen LogP contribution in [0.4, 0.5) is 0 Å². The lowest BCUT2D eigenvalue weighted by molar-refractivity contribution is -0.136. The van der Waals surface area contributed by atoms with Gasteiger partial charge in [-0.3, -0.25) is 14.5 Å². The van der Waals surface area contributed by atoms with E-state index in [-0.39, 0.29) is 6.42 Å². The molecule has 0 aliphatic rings. The zero-order valence-corrected chi connectivity index (χ0v) is 9.50. The summed E-state index contributed by atoms with van der Waals surface area (Å²) in [7, 11) is 1.82. The smallest absolute Gasteiger partial charge is 0.303 e. The van der Waals surface area contributed by atoms with E-state index >= 15 is 0 Å². The van der Waals surface area contributed by atoms with E-state index in [0.717, 1.165) is 17.0 Å². The number of carboxylic acids is 1. The van der Waals surface area contributed by atoms with E-state index in [9.17, 15) is 4.79 Å². The van der Waals surface area contributed by atoms with Crippen LogP contribution in [0, 0.1) is 0 Å². The summed E-state index contributed by atoms with van der Waals surface area (Å²) in [5.74, 6) is -0.805. The highest BCUT2D eigenvalue weighted by atomic mass is 16.4. The van der Waals surface area contributed by atoms with Crippen molar-refractivity contribution in [2.45, 2.75) is 12.8 Å². The van der Waals surface area contributed by atoms with Gasteiger partial charge in [0.25, 0.3) is 0 Å². The largest absolute Gasteiger partial charge is 0.481 e. The van der Waals surface area contributed by atoms with Gasteiger partial charge in [-0.2, -0.15) is 5.10 Å². The Morgan fingerprint density at radius 1 is 1.47 bits per heavy atom. The first kappa shape index (κ1) is 11.3. The molecular weight excluding hydrogens is 218 g/mol. The fourth-order valence-corrected chi connectivity index (χ4v) is 1.68. The topological polar surface area (TPSA) is 68.0 Å². The number of nitrogens with zero attached hydrogens (tertiary/aromatic N) is 3. The van der Waals surface area contributed by atoms with Gasteiger partial charge in [0.15, 0.2) is 0 Å². The van der Waals surface area contributed by atoms with Crippen LogP contribution in [-0.2, 0) is 18.3 Å². The zero-order valence-electron chi connectivity index (χ0n) is 9.50. The van der Waals surface area contributed by atoms with E-state index in [0.29, 0.717) is 6.42 Å². The number of carboxylic acid groups (broad SMARTS) is 1. The minimum Gasteiger partial charge on any atom is -0.481 e. The first-order valence-corrected chi connectivity index (χ1v) is 5.32. The molecule has 0 fully saturated rings. The molecule has 5 nitrogen and oxygen atoms in total. The third-order valence-electron chi connectivity index (χ3n) is 2.42. The van der Waals surface area contributed by atoms with Gasteiger partial charge in [-0.05, 0) is 18.6 Å². The standard InChI is InChI=1S/C12H13N3O2/c1-15-8-9(5-6-11(16)17)12(14-15)10-4-2-3-7-13-10/h2-4,7-8H,5-6H2,1H3,(H,16,17). The van der Waals surface area contributed by atoms with Crippen LogP contribution in [0.2, 0.25) is 0 Å². The molecular formula is C12H13N3O2. The average molecular weight is 231 g/mol. The van der Waals surface area contributed by atoms with E-state index in [4.69, 9.17) is 5.11 Å². The highest BCUT2D eigenvalue weighted by molar-refractivity contribution is 5.68. The summed E-state index contributed by atoms with van der Waals surface area (Å²) < 4.78 is 1.68. The normalized spacial score (nSPS) is 10.4. The highest BCUT2D eigenvalue weighted by Crippen LogP contribution is 2.20. The monoisotopic (exact) mass is 231 g/mol. The number of pyridine rings is 1. The molecule has 0 saturated carbocycles. The maximum Gasteiger partial charge on any atom is 0.303 e. The number of aryl methyl sites for hydroxylation is 2. The van der Waals surface area contributed by atoms with E-state index in [2.05, 4.69) is 10.1 Å². The van der Waals surface area contributed by atoms with Crippen LogP contribution in [0.15, 0.2) is 30.6 Å². The van der Waals surface area contributed by atoms with E-state index in [1.54, 1.807) is 10.9 Å². The molecule has 88 valence electrons. The lowest BCUT2D eigenvalue weighted by Gasteiger charge is -1.99. The third kappa shape index (κ3) is 2.69. The van der Waals surface area contributed by atoms with Crippen molar-refractivity contribution in [1.82, 2.24) is 14.8 Å². The number of hydrogen-bond donors (Lipinski definition) is 1. The second-order valence-electron chi connectivity index (χ2n) is 3.79. The van der Waals surface area contributed by atoms with Crippen molar-refractivity contribution in [3.63, 3.8) is 0 Å².